The number of carbonyl (C=O) groups is 1. The summed E-state index contributed by atoms with van der Waals surface area (Å²) in [7, 11) is 0. The van der Waals surface area contributed by atoms with E-state index < -0.39 is 0 Å². The molecule has 4 rings (SSSR count). The molecule has 2 aromatic heterocycles. The molecule has 0 bridgehead atoms. The van der Waals surface area contributed by atoms with Crippen LogP contribution in [0.2, 0.25) is 0 Å². The number of anilines is 1. The number of rotatable bonds is 6. The first-order valence-corrected chi connectivity index (χ1v) is 10.3. The van der Waals surface area contributed by atoms with E-state index >= 15 is 0 Å². The van der Waals surface area contributed by atoms with Crippen molar-refractivity contribution in [1.29, 1.82) is 5.26 Å². The topological polar surface area (TPSA) is 76.6 Å². The van der Waals surface area contributed by atoms with Crippen LogP contribution in [0.4, 0.5) is 5.82 Å². The Labute approximate surface area is 171 Å². The smallest absolute Gasteiger partial charge is 0.237 e. The zero-order valence-corrected chi connectivity index (χ0v) is 16.9. The molecule has 0 radical (unpaired) electrons. The first kappa shape index (κ1) is 19.5. The second kappa shape index (κ2) is 8.66. The van der Waals surface area contributed by atoms with Gasteiger partial charge in [-0.3, -0.25) is 9.69 Å². The molecule has 2 fully saturated rings. The Hall–Kier alpha value is -2.85. The van der Waals surface area contributed by atoms with E-state index in [2.05, 4.69) is 20.9 Å². The highest BCUT2D eigenvalue weighted by atomic mass is 16.3. The molecule has 1 amide bonds. The summed E-state index contributed by atoms with van der Waals surface area (Å²) < 4.78 is 5.69. The maximum Gasteiger partial charge on any atom is 0.237 e. The highest BCUT2D eigenvalue weighted by Crippen LogP contribution is 2.29. The molecule has 0 atom stereocenters. The number of furan rings is 1. The molecule has 7 heteroatoms. The molecular weight excluding hydrogens is 366 g/mol. The molecule has 0 spiro atoms. The summed E-state index contributed by atoms with van der Waals surface area (Å²) in [6.45, 7) is 6.16. The summed E-state index contributed by atoms with van der Waals surface area (Å²) in [5.74, 6) is 2.65. The van der Waals surface area contributed by atoms with Gasteiger partial charge in [-0.25, -0.2) is 4.98 Å². The minimum atomic E-state index is 0.172. The van der Waals surface area contributed by atoms with Crippen LogP contribution in [0.15, 0.2) is 34.9 Å². The van der Waals surface area contributed by atoms with Crippen molar-refractivity contribution in [1.82, 2.24) is 14.8 Å². The van der Waals surface area contributed by atoms with Gasteiger partial charge in [0.15, 0.2) is 0 Å². The number of hydrogen-bond donors (Lipinski definition) is 0. The third-order valence-corrected chi connectivity index (χ3v) is 5.58. The second-order valence-electron chi connectivity index (χ2n) is 7.87. The van der Waals surface area contributed by atoms with E-state index in [0.29, 0.717) is 24.7 Å². The summed E-state index contributed by atoms with van der Waals surface area (Å²) in [6.07, 6.45) is 4.83. The maximum absolute atomic E-state index is 13.0. The fourth-order valence-electron chi connectivity index (χ4n) is 3.90. The van der Waals surface area contributed by atoms with Crippen molar-refractivity contribution in [3.63, 3.8) is 0 Å². The van der Waals surface area contributed by atoms with E-state index in [1.165, 1.54) is 0 Å². The van der Waals surface area contributed by atoms with Crippen molar-refractivity contribution in [3.8, 4) is 6.07 Å². The summed E-state index contributed by atoms with van der Waals surface area (Å²) in [5, 5.41) is 9.35. The van der Waals surface area contributed by atoms with Gasteiger partial charge in [0.1, 0.15) is 23.4 Å². The standard InChI is InChI=1S/C22H27N5O2/c1-17-5-8-20(29-17)15-27(19-6-7-19)21(28)16-25-10-3-11-26(13-12-25)22-18(14-23)4-2-9-24-22/h2,4-5,8-9,19H,3,6-7,10-13,15-16H2,1H3. The monoisotopic (exact) mass is 393 g/mol. The quantitative estimate of drug-likeness (QED) is 0.751. The Bertz CT molecular complexity index is 899. The lowest BCUT2D eigenvalue weighted by molar-refractivity contribution is -0.133. The number of aryl methyl sites for hydroxylation is 1. The number of pyridine rings is 1. The Morgan fingerprint density at radius 2 is 2.14 bits per heavy atom. The lowest BCUT2D eigenvalue weighted by Crippen LogP contribution is -2.42. The minimum Gasteiger partial charge on any atom is -0.464 e. The summed E-state index contributed by atoms with van der Waals surface area (Å²) in [5.41, 5.74) is 0.602. The Kier molecular flexibility index (Phi) is 5.81. The van der Waals surface area contributed by atoms with Crippen LogP contribution in [0.3, 0.4) is 0 Å². The molecular formula is C22H27N5O2. The van der Waals surface area contributed by atoms with Crippen molar-refractivity contribution >= 4 is 11.7 Å². The molecule has 1 saturated carbocycles. The van der Waals surface area contributed by atoms with E-state index in [9.17, 15) is 10.1 Å². The zero-order chi connectivity index (χ0) is 20.2. The van der Waals surface area contributed by atoms with Crippen LogP contribution in [-0.4, -0.2) is 59.5 Å². The van der Waals surface area contributed by atoms with E-state index in [1.807, 2.05) is 24.0 Å². The summed E-state index contributed by atoms with van der Waals surface area (Å²) in [4.78, 5) is 23.8. The Morgan fingerprint density at radius 3 is 2.86 bits per heavy atom. The molecule has 2 aromatic rings. The van der Waals surface area contributed by atoms with Crippen LogP contribution in [0.5, 0.6) is 0 Å². The van der Waals surface area contributed by atoms with E-state index in [-0.39, 0.29) is 5.91 Å². The van der Waals surface area contributed by atoms with Crippen molar-refractivity contribution in [2.45, 2.75) is 38.8 Å². The van der Waals surface area contributed by atoms with Crippen LogP contribution in [0, 0.1) is 18.3 Å². The van der Waals surface area contributed by atoms with E-state index in [1.54, 1.807) is 18.3 Å². The van der Waals surface area contributed by atoms with Gasteiger partial charge in [0, 0.05) is 38.4 Å². The number of nitriles is 1. The van der Waals surface area contributed by atoms with Crippen molar-refractivity contribution in [3.05, 3.63) is 47.5 Å². The summed E-state index contributed by atoms with van der Waals surface area (Å²) >= 11 is 0. The fourth-order valence-corrected chi connectivity index (χ4v) is 3.90. The van der Waals surface area contributed by atoms with Crippen molar-refractivity contribution < 1.29 is 9.21 Å². The first-order valence-electron chi connectivity index (χ1n) is 10.3. The van der Waals surface area contributed by atoms with Gasteiger partial charge >= 0.3 is 0 Å². The van der Waals surface area contributed by atoms with Crippen LogP contribution < -0.4 is 4.90 Å². The van der Waals surface area contributed by atoms with Crippen molar-refractivity contribution in [2.75, 3.05) is 37.6 Å². The molecule has 2 aliphatic rings. The third kappa shape index (κ3) is 4.77. The van der Waals surface area contributed by atoms with Gasteiger partial charge in [-0.2, -0.15) is 5.26 Å². The molecule has 0 unspecified atom stereocenters. The highest BCUT2D eigenvalue weighted by Gasteiger charge is 2.34. The predicted octanol–water partition coefficient (Wildman–Crippen LogP) is 2.56. The number of carbonyl (C=O) groups excluding carboxylic acids is 1. The van der Waals surface area contributed by atoms with Gasteiger partial charge in [-0.05, 0) is 50.5 Å². The van der Waals surface area contributed by atoms with Gasteiger partial charge in [-0.1, -0.05) is 0 Å². The number of amides is 1. The fraction of sp³-hybridized carbons (Fsp3) is 0.500. The molecule has 3 heterocycles. The minimum absolute atomic E-state index is 0.172. The molecule has 1 aliphatic heterocycles. The van der Waals surface area contributed by atoms with Gasteiger partial charge < -0.3 is 14.2 Å². The molecule has 1 saturated heterocycles. The number of aromatic nitrogens is 1. The van der Waals surface area contributed by atoms with Gasteiger partial charge in [0.05, 0.1) is 18.7 Å². The Morgan fingerprint density at radius 1 is 1.28 bits per heavy atom. The molecule has 1 aliphatic carbocycles. The SMILES string of the molecule is Cc1ccc(CN(C(=O)CN2CCCN(c3ncccc3C#N)CC2)C2CC2)o1. The predicted molar refractivity (Wildman–Crippen MR) is 109 cm³/mol. The summed E-state index contributed by atoms with van der Waals surface area (Å²) in [6, 6.07) is 10.1. The lowest BCUT2D eigenvalue weighted by Gasteiger charge is -2.26. The third-order valence-electron chi connectivity index (χ3n) is 5.58. The van der Waals surface area contributed by atoms with Gasteiger partial charge in [0.25, 0.3) is 0 Å². The molecule has 29 heavy (non-hydrogen) atoms. The number of hydrogen-bond acceptors (Lipinski definition) is 6. The molecule has 152 valence electrons. The molecule has 0 aromatic carbocycles. The largest absolute Gasteiger partial charge is 0.464 e. The van der Waals surface area contributed by atoms with E-state index in [4.69, 9.17) is 4.42 Å². The average molecular weight is 393 g/mol. The van der Waals surface area contributed by atoms with Crippen LogP contribution in [0.1, 0.15) is 36.3 Å². The first-order chi connectivity index (χ1) is 14.1. The maximum atomic E-state index is 13.0. The van der Waals surface area contributed by atoms with Crippen LogP contribution in [-0.2, 0) is 11.3 Å². The molecule has 0 N–H and O–H groups in total. The van der Waals surface area contributed by atoms with Gasteiger partial charge in [-0.15, -0.1) is 0 Å². The number of nitrogens with zero attached hydrogens (tertiary/aromatic N) is 5. The average Bonchev–Trinajstić information content (AvgIpc) is 3.52. The lowest BCUT2D eigenvalue weighted by atomic mass is 10.2. The van der Waals surface area contributed by atoms with E-state index in [0.717, 1.165) is 62.8 Å². The van der Waals surface area contributed by atoms with Crippen LogP contribution >= 0.6 is 0 Å². The zero-order valence-electron chi connectivity index (χ0n) is 16.9. The normalized spacial score (nSPS) is 17.6. The Balaban J connectivity index is 1.36. The van der Waals surface area contributed by atoms with Gasteiger partial charge in [0.2, 0.25) is 5.91 Å². The van der Waals surface area contributed by atoms with Crippen LogP contribution in [0.25, 0.3) is 0 Å². The molecule has 7 nitrogen and oxygen atoms in total. The second-order valence-corrected chi connectivity index (χ2v) is 7.87. The van der Waals surface area contributed by atoms with Crippen molar-refractivity contribution in [2.24, 2.45) is 0 Å². The highest BCUT2D eigenvalue weighted by molar-refractivity contribution is 5.79.